The lowest BCUT2D eigenvalue weighted by Crippen LogP contribution is -2.40. The van der Waals surface area contributed by atoms with Gasteiger partial charge in [0.15, 0.2) is 5.03 Å². The summed E-state index contributed by atoms with van der Waals surface area (Å²) in [6.07, 6.45) is 1.51. The van der Waals surface area contributed by atoms with Crippen LogP contribution in [0, 0.1) is 10.1 Å². The number of guanidine groups is 1. The fourth-order valence-electron chi connectivity index (χ4n) is 0.998. The van der Waals surface area contributed by atoms with Crippen LogP contribution in [0.1, 0.15) is 5.56 Å². The van der Waals surface area contributed by atoms with Crippen LogP contribution in [0.5, 0.6) is 0 Å². The number of hydrazine groups is 1. The van der Waals surface area contributed by atoms with E-state index in [1.165, 1.54) is 13.2 Å². The highest BCUT2D eigenvalue weighted by atomic mass is 35.5. The lowest BCUT2D eigenvalue weighted by atomic mass is 10.3. The van der Waals surface area contributed by atoms with Crippen LogP contribution in [0.4, 0.5) is 0 Å². The number of aliphatic imine (C=N–C) groups is 1. The summed E-state index contributed by atoms with van der Waals surface area (Å²) in [6, 6.07) is 1.61. The minimum absolute atomic E-state index is 0.0427. The molecule has 0 radical (unpaired) electrons. The number of nitro groups is 1. The molecule has 0 aromatic carbocycles. The molecule has 0 aliphatic heterocycles. The van der Waals surface area contributed by atoms with E-state index in [9.17, 15) is 10.1 Å². The van der Waals surface area contributed by atoms with Gasteiger partial charge >= 0.3 is 0 Å². The van der Waals surface area contributed by atoms with Gasteiger partial charge in [-0.2, -0.15) is 0 Å². The second-order valence-electron chi connectivity index (χ2n) is 2.91. The third-order valence-electron chi connectivity index (χ3n) is 1.73. The van der Waals surface area contributed by atoms with E-state index in [1.807, 2.05) is 5.43 Å². The number of pyridine rings is 1. The van der Waals surface area contributed by atoms with Crippen molar-refractivity contribution in [2.75, 3.05) is 7.05 Å². The Labute approximate surface area is 107 Å². The van der Waals surface area contributed by atoms with Gasteiger partial charge < -0.3 is 5.32 Å². The largest absolute Gasteiger partial charge is 0.348 e. The van der Waals surface area contributed by atoms with E-state index in [1.54, 1.807) is 6.07 Å². The third kappa shape index (κ3) is 4.41. The van der Waals surface area contributed by atoms with Crippen molar-refractivity contribution in [3.05, 3.63) is 38.1 Å². The minimum atomic E-state index is -0.706. The van der Waals surface area contributed by atoms with Gasteiger partial charge in [-0.1, -0.05) is 28.6 Å². The molecule has 0 fully saturated rings. The standard InChI is InChI=1S/C8H9Cl2N5O2/c1-11-8(14-15(16)17)13-4-5-2-6(9)7(10)12-3-5/h2-3H,4H2,1H3,(H2,11,13,14). The quantitative estimate of drug-likeness (QED) is 0.285. The van der Waals surface area contributed by atoms with Crippen LogP contribution in [-0.2, 0) is 6.54 Å². The van der Waals surface area contributed by atoms with Crippen LogP contribution in [0.2, 0.25) is 10.2 Å². The summed E-state index contributed by atoms with van der Waals surface area (Å²) in [5, 5.41) is 12.7. The smallest absolute Gasteiger partial charge is 0.254 e. The molecule has 92 valence electrons. The molecule has 1 aromatic heterocycles. The first-order valence-electron chi connectivity index (χ1n) is 4.44. The summed E-state index contributed by atoms with van der Waals surface area (Å²) >= 11 is 11.4. The Bertz CT molecular complexity index is 452. The molecule has 0 aliphatic carbocycles. The van der Waals surface area contributed by atoms with Gasteiger partial charge in [0.1, 0.15) is 5.15 Å². The third-order valence-corrected chi connectivity index (χ3v) is 2.42. The first kappa shape index (κ1) is 13.5. The van der Waals surface area contributed by atoms with Crippen LogP contribution < -0.4 is 10.7 Å². The average molecular weight is 278 g/mol. The normalized spacial score (nSPS) is 11.1. The van der Waals surface area contributed by atoms with E-state index in [2.05, 4.69) is 15.3 Å². The highest BCUT2D eigenvalue weighted by Crippen LogP contribution is 2.19. The van der Waals surface area contributed by atoms with Gasteiger partial charge in [-0.3, -0.25) is 4.99 Å². The number of halogens is 2. The monoisotopic (exact) mass is 277 g/mol. The van der Waals surface area contributed by atoms with E-state index in [0.29, 0.717) is 5.02 Å². The molecule has 0 aliphatic rings. The topological polar surface area (TPSA) is 92.5 Å². The van der Waals surface area contributed by atoms with Gasteiger partial charge in [-0.25, -0.2) is 15.1 Å². The van der Waals surface area contributed by atoms with Crippen LogP contribution in [0.25, 0.3) is 0 Å². The molecule has 1 aromatic rings. The summed E-state index contributed by atoms with van der Waals surface area (Å²) < 4.78 is 0. The molecule has 1 rings (SSSR count). The molecular formula is C8H9Cl2N5O2. The molecule has 0 saturated carbocycles. The van der Waals surface area contributed by atoms with Crippen molar-refractivity contribution in [2.24, 2.45) is 4.99 Å². The molecule has 9 heteroatoms. The number of rotatable bonds is 3. The van der Waals surface area contributed by atoms with Crippen molar-refractivity contribution in [2.45, 2.75) is 6.54 Å². The summed E-state index contributed by atoms with van der Waals surface area (Å²) in [5.74, 6) is 0.0427. The number of hydrogen-bond donors (Lipinski definition) is 2. The molecule has 0 amide bonds. The minimum Gasteiger partial charge on any atom is -0.348 e. The van der Waals surface area contributed by atoms with E-state index >= 15 is 0 Å². The van der Waals surface area contributed by atoms with Crippen molar-refractivity contribution in [1.29, 1.82) is 0 Å². The Hall–Kier alpha value is -1.60. The van der Waals surface area contributed by atoms with Gasteiger partial charge in [0, 0.05) is 19.8 Å². The number of nitrogens with one attached hydrogen (secondary N) is 2. The van der Waals surface area contributed by atoms with Crippen molar-refractivity contribution < 1.29 is 5.03 Å². The van der Waals surface area contributed by atoms with Crippen molar-refractivity contribution in [3.63, 3.8) is 0 Å². The lowest BCUT2D eigenvalue weighted by Gasteiger charge is -2.06. The maximum absolute atomic E-state index is 10.2. The van der Waals surface area contributed by atoms with Crippen LogP contribution in [0.3, 0.4) is 0 Å². The Morgan fingerprint density at radius 2 is 2.35 bits per heavy atom. The summed E-state index contributed by atoms with van der Waals surface area (Å²) in [5.41, 5.74) is 2.63. The Balaban J connectivity index is 2.60. The first-order valence-corrected chi connectivity index (χ1v) is 5.20. The number of hydrogen-bond acceptors (Lipinski definition) is 4. The van der Waals surface area contributed by atoms with E-state index < -0.39 is 5.03 Å². The SMILES string of the molecule is CN=C(NCc1cnc(Cl)c(Cl)c1)N[N+](=O)[O-]. The zero-order valence-electron chi connectivity index (χ0n) is 8.78. The second-order valence-corrected chi connectivity index (χ2v) is 3.68. The molecule has 7 nitrogen and oxygen atoms in total. The lowest BCUT2D eigenvalue weighted by molar-refractivity contribution is -0.525. The molecule has 0 spiro atoms. The zero-order valence-corrected chi connectivity index (χ0v) is 10.3. The molecule has 0 saturated heterocycles. The van der Waals surface area contributed by atoms with Gasteiger partial charge in [0.2, 0.25) is 0 Å². The summed E-state index contributed by atoms with van der Waals surface area (Å²) in [4.78, 5) is 17.7. The van der Waals surface area contributed by atoms with E-state index in [4.69, 9.17) is 23.2 Å². The summed E-state index contributed by atoms with van der Waals surface area (Å²) in [7, 11) is 1.42. The average Bonchev–Trinajstić information content (AvgIpc) is 2.28. The fraction of sp³-hybridized carbons (Fsp3) is 0.250. The van der Waals surface area contributed by atoms with Crippen molar-refractivity contribution in [1.82, 2.24) is 15.7 Å². The van der Waals surface area contributed by atoms with Crippen LogP contribution in [-0.4, -0.2) is 23.0 Å². The van der Waals surface area contributed by atoms with Gasteiger partial charge in [-0.15, -0.1) is 0 Å². The first-order chi connectivity index (χ1) is 8.02. The Morgan fingerprint density at radius 1 is 1.65 bits per heavy atom. The maximum Gasteiger partial charge on any atom is 0.254 e. The Kier molecular flexibility index (Phi) is 4.92. The fourth-order valence-corrected chi connectivity index (χ4v) is 1.29. The Morgan fingerprint density at radius 3 is 2.88 bits per heavy atom. The predicted octanol–water partition coefficient (Wildman–Crippen LogP) is 1.25. The molecule has 0 bridgehead atoms. The van der Waals surface area contributed by atoms with Crippen molar-refractivity contribution in [3.8, 4) is 0 Å². The van der Waals surface area contributed by atoms with Gasteiger partial charge in [-0.05, 0) is 11.6 Å². The van der Waals surface area contributed by atoms with E-state index in [0.717, 1.165) is 5.56 Å². The van der Waals surface area contributed by atoms with Crippen LogP contribution in [0.15, 0.2) is 17.3 Å². The van der Waals surface area contributed by atoms with Crippen LogP contribution >= 0.6 is 23.2 Å². The number of aromatic nitrogens is 1. The summed E-state index contributed by atoms with van der Waals surface area (Å²) in [6.45, 7) is 0.289. The molecule has 17 heavy (non-hydrogen) atoms. The molecule has 0 unspecified atom stereocenters. The van der Waals surface area contributed by atoms with Crippen molar-refractivity contribution >= 4 is 29.2 Å². The zero-order chi connectivity index (χ0) is 12.8. The highest BCUT2D eigenvalue weighted by molar-refractivity contribution is 6.41. The molecule has 1 heterocycles. The van der Waals surface area contributed by atoms with Gasteiger partial charge in [0.05, 0.1) is 5.02 Å². The highest BCUT2D eigenvalue weighted by Gasteiger charge is 2.05. The molecular weight excluding hydrogens is 269 g/mol. The molecule has 0 atom stereocenters. The second kappa shape index (κ2) is 6.21. The number of nitrogens with zero attached hydrogens (tertiary/aromatic N) is 3. The van der Waals surface area contributed by atoms with E-state index in [-0.39, 0.29) is 17.7 Å². The molecule has 2 N–H and O–H groups in total. The predicted molar refractivity (Wildman–Crippen MR) is 64.6 cm³/mol. The van der Waals surface area contributed by atoms with Gasteiger partial charge in [0.25, 0.3) is 5.96 Å². The maximum atomic E-state index is 10.2.